The lowest BCUT2D eigenvalue weighted by Gasteiger charge is -2.32. The van der Waals surface area contributed by atoms with Crippen LogP contribution in [0, 0.1) is 6.92 Å². The molecule has 4 rings (SSSR count). The number of fused-ring (bicyclic) bond motifs is 1. The maximum Gasteiger partial charge on any atom is 0.244 e. The molecule has 0 bridgehead atoms. The van der Waals surface area contributed by atoms with Gasteiger partial charge < -0.3 is 10.2 Å². The van der Waals surface area contributed by atoms with E-state index in [1.807, 2.05) is 60.4 Å². The number of carbonyl (C=O) groups excluding carboxylic acids is 2. The molecule has 2 aliphatic heterocycles. The van der Waals surface area contributed by atoms with E-state index in [-0.39, 0.29) is 18.2 Å². The lowest BCUT2D eigenvalue weighted by molar-refractivity contribution is -0.128. The van der Waals surface area contributed by atoms with E-state index in [4.69, 9.17) is 11.6 Å². The number of anilines is 2. The zero-order valence-corrected chi connectivity index (χ0v) is 16.8. The highest BCUT2D eigenvalue weighted by molar-refractivity contribution is 8.15. The van der Waals surface area contributed by atoms with Gasteiger partial charge in [-0.1, -0.05) is 47.6 Å². The number of hydrogen-bond donors (Lipinski definition) is 1. The maximum absolute atomic E-state index is 12.8. The van der Waals surface area contributed by atoms with Crippen LogP contribution in [0.1, 0.15) is 12.0 Å². The Hall–Kier alpha value is -2.51. The van der Waals surface area contributed by atoms with E-state index in [1.54, 1.807) is 4.90 Å². The van der Waals surface area contributed by atoms with Crippen LogP contribution in [0.2, 0.25) is 5.02 Å². The minimum atomic E-state index is -0.455. The molecular formula is C20H19ClN4O2S. The minimum absolute atomic E-state index is 0.0881. The number of benzene rings is 2. The van der Waals surface area contributed by atoms with Crippen LogP contribution >= 0.6 is 23.4 Å². The highest BCUT2D eigenvalue weighted by atomic mass is 35.5. The number of hydrogen-bond acceptors (Lipinski definition) is 5. The molecule has 1 N–H and O–H groups in total. The largest absolute Gasteiger partial charge is 0.334 e. The monoisotopic (exact) mass is 414 g/mol. The average Bonchev–Trinajstić information content (AvgIpc) is 2.99. The van der Waals surface area contributed by atoms with Gasteiger partial charge in [-0.3, -0.25) is 14.5 Å². The molecule has 2 heterocycles. The number of nitrogens with zero attached hydrogens (tertiary/aromatic N) is 3. The summed E-state index contributed by atoms with van der Waals surface area (Å²) >= 11 is 7.59. The maximum atomic E-state index is 12.8. The molecule has 1 atom stereocenters. The second-order valence-electron chi connectivity index (χ2n) is 6.69. The molecule has 0 saturated carbocycles. The molecular weight excluding hydrogens is 396 g/mol. The summed E-state index contributed by atoms with van der Waals surface area (Å²) in [7, 11) is 0. The van der Waals surface area contributed by atoms with Crippen LogP contribution < -0.4 is 10.2 Å². The summed E-state index contributed by atoms with van der Waals surface area (Å²) in [5.74, 6) is -0.269. The number of aliphatic imine (C=N–C) groups is 1. The molecule has 2 aliphatic rings. The number of halogens is 1. The van der Waals surface area contributed by atoms with E-state index in [0.717, 1.165) is 16.9 Å². The first-order valence-electron chi connectivity index (χ1n) is 8.90. The van der Waals surface area contributed by atoms with Crippen LogP contribution in [0.25, 0.3) is 0 Å². The number of amides is 2. The van der Waals surface area contributed by atoms with Gasteiger partial charge in [0.25, 0.3) is 0 Å². The second kappa shape index (κ2) is 7.85. The van der Waals surface area contributed by atoms with E-state index in [9.17, 15) is 9.59 Å². The van der Waals surface area contributed by atoms with Gasteiger partial charge in [-0.25, -0.2) is 4.99 Å². The molecule has 0 aliphatic carbocycles. The molecule has 0 aromatic heterocycles. The Labute approximate surface area is 172 Å². The number of nitrogens with one attached hydrogen (secondary N) is 1. The smallest absolute Gasteiger partial charge is 0.244 e. The van der Waals surface area contributed by atoms with Crippen molar-refractivity contribution in [1.29, 1.82) is 0 Å². The van der Waals surface area contributed by atoms with Gasteiger partial charge >= 0.3 is 0 Å². The van der Waals surface area contributed by atoms with Crippen molar-refractivity contribution in [3.63, 3.8) is 0 Å². The predicted molar refractivity (Wildman–Crippen MR) is 114 cm³/mol. The molecule has 2 amide bonds. The summed E-state index contributed by atoms with van der Waals surface area (Å²) in [5, 5.41) is 3.74. The van der Waals surface area contributed by atoms with Gasteiger partial charge in [0.2, 0.25) is 11.8 Å². The first kappa shape index (κ1) is 18.8. The third-order valence-electron chi connectivity index (χ3n) is 4.66. The van der Waals surface area contributed by atoms with Gasteiger partial charge in [0.05, 0.1) is 0 Å². The number of rotatable bonds is 4. The van der Waals surface area contributed by atoms with Crippen molar-refractivity contribution in [2.24, 2.45) is 4.99 Å². The highest BCUT2D eigenvalue weighted by Crippen LogP contribution is 2.33. The van der Waals surface area contributed by atoms with E-state index in [2.05, 4.69) is 10.3 Å². The number of aryl methyl sites for hydroxylation is 1. The molecule has 2 aromatic rings. The fourth-order valence-electron chi connectivity index (χ4n) is 3.10. The standard InChI is InChI=1S/C20H19ClN4O2S/c1-13-7-8-15(9-16(13)21)24-11-22-20-25(12-24)19(27)17(28-20)10-18(26)23-14-5-3-2-4-6-14/h2-9,17H,10-12H2,1H3,(H,23,26)/t17-/m1/s1. The fourth-order valence-corrected chi connectivity index (χ4v) is 4.40. The fraction of sp³-hybridized carbons (Fsp3) is 0.250. The summed E-state index contributed by atoms with van der Waals surface area (Å²) in [6.45, 7) is 2.81. The number of para-hydroxylation sites is 1. The molecule has 1 saturated heterocycles. The summed E-state index contributed by atoms with van der Waals surface area (Å²) in [6.07, 6.45) is 0.115. The Bertz CT molecular complexity index is 950. The third-order valence-corrected chi connectivity index (χ3v) is 6.28. The number of thioether (sulfide) groups is 1. The molecule has 8 heteroatoms. The summed E-state index contributed by atoms with van der Waals surface area (Å²) < 4.78 is 0. The molecule has 0 radical (unpaired) electrons. The Morgan fingerprint density at radius 1 is 1.29 bits per heavy atom. The third kappa shape index (κ3) is 3.86. The van der Waals surface area contributed by atoms with Crippen molar-refractivity contribution >= 4 is 51.7 Å². The molecule has 0 unspecified atom stereocenters. The van der Waals surface area contributed by atoms with Gasteiger partial charge in [0.1, 0.15) is 18.6 Å². The number of amidine groups is 1. The highest BCUT2D eigenvalue weighted by Gasteiger charge is 2.41. The normalized spacial score (nSPS) is 18.7. The van der Waals surface area contributed by atoms with Crippen LogP contribution in [0.3, 0.4) is 0 Å². The van der Waals surface area contributed by atoms with E-state index >= 15 is 0 Å². The Morgan fingerprint density at radius 2 is 2.07 bits per heavy atom. The molecule has 6 nitrogen and oxygen atoms in total. The zero-order chi connectivity index (χ0) is 19.7. The molecule has 1 fully saturated rings. The SMILES string of the molecule is Cc1ccc(N2CN=C3S[C@H](CC(=O)Nc4ccccc4)C(=O)N3C2)cc1Cl. The lowest BCUT2D eigenvalue weighted by Crippen LogP contribution is -2.46. The minimum Gasteiger partial charge on any atom is -0.334 e. The lowest BCUT2D eigenvalue weighted by atomic mass is 10.2. The van der Waals surface area contributed by atoms with Gasteiger partial charge in [-0.15, -0.1) is 0 Å². The van der Waals surface area contributed by atoms with E-state index in [0.29, 0.717) is 23.5 Å². The molecule has 2 aromatic carbocycles. The van der Waals surface area contributed by atoms with Gasteiger partial charge in [-0.2, -0.15) is 0 Å². The van der Waals surface area contributed by atoms with Crippen LogP contribution in [0.5, 0.6) is 0 Å². The second-order valence-corrected chi connectivity index (χ2v) is 8.27. The van der Waals surface area contributed by atoms with Crippen LogP contribution in [0.4, 0.5) is 11.4 Å². The first-order valence-corrected chi connectivity index (χ1v) is 10.2. The topological polar surface area (TPSA) is 65.0 Å². The van der Waals surface area contributed by atoms with Gasteiger partial charge in [-0.05, 0) is 36.8 Å². The van der Waals surface area contributed by atoms with E-state index in [1.165, 1.54) is 11.8 Å². The Morgan fingerprint density at radius 3 is 2.82 bits per heavy atom. The predicted octanol–water partition coefficient (Wildman–Crippen LogP) is 3.71. The van der Waals surface area contributed by atoms with Crippen molar-refractivity contribution in [1.82, 2.24) is 4.90 Å². The Balaban J connectivity index is 1.41. The van der Waals surface area contributed by atoms with Crippen LogP contribution in [-0.2, 0) is 9.59 Å². The van der Waals surface area contributed by atoms with Crippen molar-refractivity contribution in [2.75, 3.05) is 23.6 Å². The van der Waals surface area contributed by atoms with Crippen molar-refractivity contribution in [3.8, 4) is 0 Å². The zero-order valence-electron chi connectivity index (χ0n) is 15.3. The van der Waals surface area contributed by atoms with E-state index < -0.39 is 5.25 Å². The average molecular weight is 415 g/mol. The van der Waals surface area contributed by atoms with Crippen molar-refractivity contribution in [3.05, 3.63) is 59.1 Å². The quantitative estimate of drug-likeness (QED) is 0.828. The van der Waals surface area contributed by atoms with Crippen molar-refractivity contribution < 1.29 is 9.59 Å². The molecule has 28 heavy (non-hydrogen) atoms. The summed E-state index contributed by atoms with van der Waals surface area (Å²) in [5.41, 5.74) is 2.64. The van der Waals surface area contributed by atoms with Crippen LogP contribution in [0.15, 0.2) is 53.5 Å². The first-order chi connectivity index (χ1) is 13.5. The number of carbonyl (C=O) groups is 2. The van der Waals surface area contributed by atoms with Gasteiger partial charge in [0, 0.05) is 22.8 Å². The summed E-state index contributed by atoms with van der Waals surface area (Å²) in [6, 6.07) is 15.0. The van der Waals surface area contributed by atoms with Crippen molar-refractivity contribution in [2.45, 2.75) is 18.6 Å². The molecule has 144 valence electrons. The van der Waals surface area contributed by atoms with Gasteiger partial charge in [0.15, 0.2) is 5.17 Å². The Kier molecular flexibility index (Phi) is 5.28. The summed E-state index contributed by atoms with van der Waals surface area (Å²) in [4.78, 5) is 33.3. The van der Waals surface area contributed by atoms with Crippen LogP contribution in [-0.4, -0.2) is 40.5 Å². The molecule has 0 spiro atoms.